The highest BCUT2D eigenvalue weighted by Gasteiger charge is 2.14. The molecule has 0 aliphatic rings. The number of rotatable bonds is 9. The van der Waals surface area contributed by atoms with Crippen molar-refractivity contribution in [2.45, 2.75) is 54.1 Å². The minimum Gasteiger partial charge on any atom is -0.383 e. The van der Waals surface area contributed by atoms with Crippen molar-refractivity contribution < 1.29 is 4.74 Å². The lowest BCUT2D eigenvalue weighted by molar-refractivity contribution is 0.149. The number of aromatic nitrogens is 2. The third-order valence-electron chi connectivity index (χ3n) is 3.85. The number of allylic oxidation sites excluding steroid dienone is 1. The second kappa shape index (κ2) is 9.00. The van der Waals surface area contributed by atoms with Crippen molar-refractivity contribution in [2.75, 3.05) is 26.8 Å². The molecule has 0 bridgehead atoms. The van der Waals surface area contributed by atoms with Crippen molar-refractivity contribution in [3.05, 3.63) is 28.6 Å². The molecule has 0 N–H and O–H groups in total. The van der Waals surface area contributed by atoms with E-state index in [-0.39, 0.29) is 0 Å². The molecule has 0 aliphatic heterocycles. The van der Waals surface area contributed by atoms with E-state index >= 15 is 0 Å². The van der Waals surface area contributed by atoms with E-state index in [9.17, 15) is 0 Å². The smallest absolute Gasteiger partial charge is 0.0641 e. The zero-order chi connectivity index (χ0) is 15.8. The van der Waals surface area contributed by atoms with Crippen LogP contribution in [-0.4, -0.2) is 41.5 Å². The summed E-state index contributed by atoms with van der Waals surface area (Å²) in [4.78, 5) is 2.45. The number of hydrogen-bond donors (Lipinski definition) is 0. The maximum atomic E-state index is 5.26. The van der Waals surface area contributed by atoms with Gasteiger partial charge in [0, 0.05) is 44.5 Å². The summed E-state index contributed by atoms with van der Waals surface area (Å²) >= 11 is 0. The molecule has 21 heavy (non-hydrogen) atoms. The Morgan fingerprint density at radius 3 is 2.57 bits per heavy atom. The zero-order valence-electron chi connectivity index (χ0n) is 14.6. The van der Waals surface area contributed by atoms with Crippen LogP contribution >= 0.6 is 0 Å². The van der Waals surface area contributed by atoms with Gasteiger partial charge < -0.3 is 4.74 Å². The van der Waals surface area contributed by atoms with Crippen LogP contribution in [0.4, 0.5) is 0 Å². The van der Waals surface area contributed by atoms with Crippen LogP contribution in [0.15, 0.2) is 11.6 Å². The lowest BCUT2D eigenvalue weighted by atomic mass is 10.1. The van der Waals surface area contributed by atoms with E-state index in [4.69, 9.17) is 4.74 Å². The minimum atomic E-state index is 0.763. The summed E-state index contributed by atoms with van der Waals surface area (Å²) in [5, 5.41) is 4.62. The Balaban J connectivity index is 2.85. The summed E-state index contributed by atoms with van der Waals surface area (Å²) in [5.74, 6) is 0. The first-order valence-corrected chi connectivity index (χ1v) is 7.93. The summed E-state index contributed by atoms with van der Waals surface area (Å²) in [6, 6.07) is 0. The van der Waals surface area contributed by atoms with Gasteiger partial charge in [-0.3, -0.25) is 9.58 Å². The molecule has 0 aliphatic carbocycles. The monoisotopic (exact) mass is 293 g/mol. The molecular weight excluding hydrogens is 262 g/mol. The Morgan fingerprint density at radius 2 is 2.05 bits per heavy atom. The first-order valence-electron chi connectivity index (χ1n) is 7.93. The molecule has 120 valence electrons. The molecule has 1 heterocycles. The fourth-order valence-corrected chi connectivity index (χ4v) is 2.69. The summed E-state index contributed by atoms with van der Waals surface area (Å²) in [6.07, 6.45) is 3.39. The topological polar surface area (TPSA) is 30.3 Å². The Labute approximate surface area is 129 Å². The van der Waals surface area contributed by atoms with Gasteiger partial charge in [-0.25, -0.2) is 0 Å². The second-order valence-electron chi connectivity index (χ2n) is 5.63. The molecule has 0 amide bonds. The van der Waals surface area contributed by atoms with E-state index in [1.165, 1.54) is 16.8 Å². The van der Waals surface area contributed by atoms with Crippen LogP contribution in [-0.2, 0) is 17.8 Å². The summed E-state index contributed by atoms with van der Waals surface area (Å²) in [6.45, 7) is 15.4. The number of methoxy groups -OCH3 is 1. The maximum Gasteiger partial charge on any atom is 0.0641 e. The molecule has 0 unspecified atom stereocenters. The van der Waals surface area contributed by atoms with E-state index < -0.39 is 0 Å². The SMILES string of the molecule is CC/C=C(\C)CN(CCOC)Cc1c(C)nn(CC)c1C. The van der Waals surface area contributed by atoms with Crippen molar-refractivity contribution in [2.24, 2.45) is 0 Å². The quantitative estimate of drug-likeness (QED) is 0.654. The van der Waals surface area contributed by atoms with Gasteiger partial charge in [-0.1, -0.05) is 18.6 Å². The molecule has 4 nitrogen and oxygen atoms in total. The fraction of sp³-hybridized carbons (Fsp3) is 0.706. The normalized spacial score (nSPS) is 12.4. The predicted octanol–water partition coefficient (Wildman–Crippen LogP) is 3.32. The molecule has 0 saturated carbocycles. The lowest BCUT2D eigenvalue weighted by Crippen LogP contribution is -2.29. The van der Waals surface area contributed by atoms with Gasteiger partial charge in [0.1, 0.15) is 0 Å². The summed E-state index contributed by atoms with van der Waals surface area (Å²) < 4.78 is 7.35. The van der Waals surface area contributed by atoms with Gasteiger partial charge in [0.05, 0.1) is 12.3 Å². The van der Waals surface area contributed by atoms with Gasteiger partial charge in [-0.2, -0.15) is 5.10 Å². The maximum absolute atomic E-state index is 5.26. The standard InChI is InChI=1S/C17H31N3O/c1-7-9-14(3)12-19(10-11-21-6)13-17-15(4)18-20(8-2)16(17)5/h9H,7-8,10-13H2,1-6H3/b14-9+. The van der Waals surface area contributed by atoms with E-state index in [1.807, 2.05) is 0 Å². The number of aryl methyl sites for hydroxylation is 2. The first-order chi connectivity index (χ1) is 10.0. The number of hydrogen-bond acceptors (Lipinski definition) is 3. The molecule has 4 heteroatoms. The van der Waals surface area contributed by atoms with Crippen molar-refractivity contribution in [3.8, 4) is 0 Å². The number of ether oxygens (including phenoxy) is 1. The van der Waals surface area contributed by atoms with Crippen molar-refractivity contribution in [3.63, 3.8) is 0 Å². The average Bonchev–Trinajstić information content (AvgIpc) is 2.72. The Hall–Kier alpha value is -1.13. The van der Waals surface area contributed by atoms with Crippen LogP contribution in [0.2, 0.25) is 0 Å². The lowest BCUT2D eigenvalue weighted by Gasteiger charge is -2.22. The van der Waals surface area contributed by atoms with Crippen LogP contribution in [0.1, 0.15) is 44.1 Å². The van der Waals surface area contributed by atoms with Gasteiger partial charge in [-0.05, 0) is 34.1 Å². The molecule has 0 saturated heterocycles. The van der Waals surface area contributed by atoms with Crippen LogP contribution in [0.3, 0.4) is 0 Å². The molecular formula is C17H31N3O. The third-order valence-corrected chi connectivity index (χ3v) is 3.85. The molecule has 1 aromatic rings. The van der Waals surface area contributed by atoms with E-state index in [2.05, 4.69) is 55.4 Å². The van der Waals surface area contributed by atoms with Crippen molar-refractivity contribution >= 4 is 0 Å². The van der Waals surface area contributed by atoms with Gasteiger partial charge >= 0.3 is 0 Å². The predicted molar refractivity (Wildman–Crippen MR) is 88.6 cm³/mol. The fourth-order valence-electron chi connectivity index (χ4n) is 2.69. The molecule has 0 fully saturated rings. The molecule has 0 atom stereocenters. The highest BCUT2D eigenvalue weighted by Crippen LogP contribution is 2.16. The molecule has 0 spiro atoms. The Kier molecular flexibility index (Phi) is 7.68. The summed E-state index contributed by atoms with van der Waals surface area (Å²) in [5.41, 5.74) is 5.22. The highest BCUT2D eigenvalue weighted by atomic mass is 16.5. The number of nitrogens with zero attached hydrogens (tertiary/aromatic N) is 3. The highest BCUT2D eigenvalue weighted by molar-refractivity contribution is 5.24. The first kappa shape index (κ1) is 17.9. The average molecular weight is 293 g/mol. The van der Waals surface area contributed by atoms with E-state index in [0.29, 0.717) is 0 Å². The molecule has 0 radical (unpaired) electrons. The Bertz CT molecular complexity index is 463. The summed E-state index contributed by atoms with van der Waals surface area (Å²) in [7, 11) is 1.76. The second-order valence-corrected chi connectivity index (χ2v) is 5.63. The van der Waals surface area contributed by atoms with Crippen molar-refractivity contribution in [1.82, 2.24) is 14.7 Å². The van der Waals surface area contributed by atoms with E-state index in [1.54, 1.807) is 7.11 Å². The molecule has 1 rings (SSSR count). The van der Waals surface area contributed by atoms with Gasteiger partial charge in [-0.15, -0.1) is 0 Å². The van der Waals surface area contributed by atoms with Crippen molar-refractivity contribution in [1.29, 1.82) is 0 Å². The van der Waals surface area contributed by atoms with Gasteiger partial charge in [0.2, 0.25) is 0 Å². The Morgan fingerprint density at radius 1 is 1.33 bits per heavy atom. The molecule has 1 aromatic heterocycles. The zero-order valence-corrected chi connectivity index (χ0v) is 14.6. The van der Waals surface area contributed by atoms with Crippen LogP contribution in [0.25, 0.3) is 0 Å². The van der Waals surface area contributed by atoms with Crippen LogP contribution < -0.4 is 0 Å². The van der Waals surface area contributed by atoms with Crippen LogP contribution in [0, 0.1) is 13.8 Å². The third kappa shape index (κ3) is 5.29. The van der Waals surface area contributed by atoms with E-state index in [0.717, 1.165) is 44.9 Å². The molecule has 0 aromatic carbocycles. The van der Waals surface area contributed by atoms with Gasteiger partial charge in [0.25, 0.3) is 0 Å². The minimum absolute atomic E-state index is 0.763. The largest absolute Gasteiger partial charge is 0.383 e. The van der Waals surface area contributed by atoms with Crippen LogP contribution in [0.5, 0.6) is 0 Å². The van der Waals surface area contributed by atoms with Gasteiger partial charge in [0.15, 0.2) is 0 Å².